The van der Waals surface area contributed by atoms with Gasteiger partial charge in [0.05, 0.1) is 27.2 Å². The summed E-state index contributed by atoms with van der Waals surface area (Å²) in [6, 6.07) is 8.39. The van der Waals surface area contributed by atoms with Crippen LogP contribution in [0.15, 0.2) is 44.7 Å². The summed E-state index contributed by atoms with van der Waals surface area (Å²) in [4.78, 5) is 28.9. The molecule has 0 bridgehead atoms. The van der Waals surface area contributed by atoms with Crippen LogP contribution < -0.4 is 10.3 Å². The van der Waals surface area contributed by atoms with Crippen LogP contribution in [0.25, 0.3) is 10.9 Å². The number of rotatable bonds is 7. The van der Waals surface area contributed by atoms with Gasteiger partial charge in [-0.25, -0.2) is 9.78 Å². The minimum absolute atomic E-state index is 0.00615. The van der Waals surface area contributed by atoms with E-state index in [4.69, 9.17) is 33.0 Å². The molecule has 32 heavy (non-hydrogen) atoms. The van der Waals surface area contributed by atoms with Gasteiger partial charge in [0.1, 0.15) is 5.82 Å². The molecule has 2 atom stereocenters. The lowest BCUT2D eigenvalue weighted by Gasteiger charge is -2.15. The molecule has 0 aliphatic rings. The zero-order valence-corrected chi connectivity index (χ0v) is 20.6. The monoisotopic (exact) mass is 539 g/mol. The van der Waals surface area contributed by atoms with E-state index in [2.05, 4.69) is 26.0 Å². The predicted octanol–water partition coefficient (Wildman–Crippen LogP) is 5.71. The molecule has 0 saturated heterocycles. The van der Waals surface area contributed by atoms with E-state index in [9.17, 15) is 9.59 Å². The third kappa shape index (κ3) is 5.14. The van der Waals surface area contributed by atoms with Crippen LogP contribution in [0, 0.1) is 0 Å². The molecule has 7 nitrogen and oxygen atoms in total. The fraction of sp³-hybridized carbons (Fsp3) is 0.273. The Kier molecular flexibility index (Phi) is 7.59. The highest BCUT2D eigenvalue weighted by molar-refractivity contribution is 9.10. The van der Waals surface area contributed by atoms with Crippen molar-refractivity contribution in [1.82, 2.24) is 9.66 Å². The van der Waals surface area contributed by atoms with Gasteiger partial charge >= 0.3 is 5.97 Å². The van der Waals surface area contributed by atoms with Gasteiger partial charge < -0.3 is 9.84 Å². The van der Waals surface area contributed by atoms with E-state index >= 15 is 0 Å². The van der Waals surface area contributed by atoms with E-state index in [0.29, 0.717) is 22.3 Å². The van der Waals surface area contributed by atoms with Crippen LogP contribution in [-0.2, 0) is 4.79 Å². The molecule has 0 spiro atoms. The molecule has 0 amide bonds. The van der Waals surface area contributed by atoms with Crippen molar-refractivity contribution in [2.75, 3.05) is 0 Å². The number of halogens is 3. The largest absolute Gasteiger partial charge is 0.479 e. The highest BCUT2D eigenvalue weighted by atomic mass is 79.9. The van der Waals surface area contributed by atoms with E-state index in [-0.39, 0.29) is 27.3 Å². The van der Waals surface area contributed by atoms with Gasteiger partial charge in [0.25, 0.3) is 5.56 Å². The molecule has 1 N–H and O–H groups in total. The number of benzene rings is 2. The number of hydrogen-bond donors (Lipinski definition) is 1. The average Bonchev–Trinajstić information content (AvgIpc) is 2.75. The summed E-state index contributed by atoms with van der Waals surface area (Å²) in [5.41, 5.74) is 0.807. The number of hydrogen-bond acceptors (Lipinski definition) is 5. The number of aliphatic carboxylic acids is 1. The summed E-state index contributed by atoms with van der Waals surface area (Å²) in [5.74, 6) is -0.547. The molecule has 1 heterocycles. The number of carbonyl (C=O) groups is 1. The van der Waals surface area contributed by atoms with Crippen LogP contribution in [0.4, 0.5) is 0 Å². The smallest absolute Gasteiger partial charge is 0.344 e. The maximum absolute atomic E-state index is 13.2. The number of ether oxygens (including phenoxy) is 1. The number of nitrogens with zero attached hydrogens (tertiary/aromatic N) is 3. The van der Waals surface area contributed by atoms with Crippen molar-refractivity contribution in [2.24, 2.45) is 5.10 Å². The number of fused-ring (bicyclic) bond motifs is 1. The topological polar surface area (TPSA) is 93.8 Å². The normalized spacial score (nSPS) is 13.4. The standard InChI is InChI=1S/C22H20BrCl2N3O4/c1-4-11(2)20-27-18-6-5-14(23)9-15(18)21(29)28(20)26-10-13-7-16(24)19(17(25)8-13)32-12(3)22(30)31/h5-12H,4H2,1-3H3,(H,30,31)/t11-,12-/m0/s1. The lowest BCUT2D eigenvalue weighted by Crippen LogP contribution is -2.24. The molecule has 0 aliphatic heterocycles. The van der Waals surface area contributed by atoms with Crippen LogP contribution in [0.1, 0.15) is 44.5 Å². The van der Waals surface area contributed by atoms with Gasteiger partial charge in [-0.1, -0.05) is 53.0 Å². The molecule has 0 fully saturated rings. The molecule has 0 saturated carbocycles. The molecule has 0 unspecified atom stereocenters. The predicted molar refractivity (Wildman–Crippen MR) is 130 cm³/mol. The van der Waals surface area contributed by atoms with Gasteiger partial charge in [0, 0.05) is 10.4 Å². The Balaban J connectivity index is 2.07. The molecule has 1 aromatic heterocycles. The molecule has 10 heteroatoms. The highest BCUT2D eigenvalue weighted by Crippen LogP contribution is 2.34. The number of carboxylic acids is 1. The van der Waals surface area contributed by atoms with E-state index in [1.54, 1.807) is 12.1 Å². The summed E-state index contributed by atoms with van der Waals surface area (Å²) in [7, 11) is 0. The minimum Gasteiger partial charge on any atom is -0.479 e. The first-order valence-electron chi connectivity index (χ1n) is 9.77. The number of carboxylic acid groups (broad SMARTS) is 1. The lowest BCUT2D eigenvalue weighted by molar-refractivity contribution is -0.144. The molecular formula is C22H20BrCl2N3O4. The Morgan fingerprint density at radius 3 is 2.53 bits per heavy atom. The minimum atomic E-state index is -1.14. The summed E-state index contributed by atoms with van der Waals surface area (Å²) >= 11 is 15.9. The number of aromatic nitrogens is 2. The Morgan fingerprint density at radius 1 is 1.28 bits per heavy atom. The van der Waals surface area contributed by atoms with E-state index < -0.39 is 12.1 Å². The van der Waals surface area contributed by atoms with Gasteiger partial charge in [0.15, 0.2) is 11.9 Å². The van der Waals surface area contributed by atoms with Gasteiger partial charge in [-0.15, -0.1) is 0 Å². The zero-order chi connectivity index (χ0) is 23.6. The second kappa shape index (κ2) is 10.0. The zero-order valence-electron chi connectivity index (χ0n) is 17.5. The van der Waals surface area contributed by atoms with Crippen LogP contribution in [-0.4, -0.2) is 33.1 Å². The summed E-state index contributed by atoms with van der Waals surface area (Å²) < 4.78 is 7.36. The average molecular weight is 541 g/mol. The molecule has 0 aliphatic carbocycles. The molecule has 0 radical (unpaired) electrons. The molecule has 3 aromatic rings. The maximum Gasteiger partial charge on any atom is 0.344 e. The van der Waals surface area contributed by atoms with Crippen molar-refractivity contribution in [1.29, 1.82) is 0 Å². The Labute approximate surface area is 202 Å². The Bertz CT molecular complexity index is 1250. The molecule has 3 rings (SSSR count). The molecule has 168 valence electrons. The van der Waals surface area contributed by atoms with Crippen LogP contribution in [0.3, 0.4) is 0 Å². The second-order valence-corrected chi connectivity index (χ2v) is 8.94. The SMILES string of the molecule is CC[C@H](C)c1nc2ccc(Br)cc2c(=O)n1N=Cc1cc(Cl)c(O[C@@H](C)C(=O)O)c(Cl)c1. The third-order valence-electron chi connectivity index (χ3n) is 4.87. The summed E-state index contributed by atoms with van der Waals surface area (Å²) in [5, 5.41) is 14.1. The van der Waals surface area contributed by atoms with Crippen LogP contribution >= 0.6 is 39.1 Å². The Hall–Kier alpha value is -2.42. The van der Waals surface area contributed by atoms with Crippen LogP contribution in [0.5, 0.6) is 5.75 Å². The first-order chi connectivity index (χ1) is 15.1. The first-order valence-corrected chi connectivity index (χ1v) is 11.3. The van der Waals surface area contributed by atoms with Crippen LogP contribution in [0.2, 0.25) is 10.0 Å². The summed E-state index contributed by atoms with van der Waals surface area (Å²) in [6.07, 6.45) is 1.10. The molecular weight excluding hydrogens is 521 g/mol. The Morgan fingerprint density at radius 2 is 1.94 bits per heavy atom. The van der Waals surface area contributed by atoms with E-state index in [1.807, 2.05) is 19.9 Å². The van der Waals surface area contributed by atoms with Gasteiger partial charge in [-0.3, -0.25) is 4.79 Å². The third-order valence-corrected chi connectivity index (χ3v) is 5.93. The van der Waals surface area contributed by atoms with E-state index in [1.165, 1.54) is 29.9 Å². The fourth-order valence-electron chi connectivity index (χ4n) is 2.90. The highest BCUT2D eigenvalue weighted by Gasteiger charge is 2.18. The van der Waals surface area contributed by atoms with Crippen molar-refractivity contribution < 1.29 is 14.6 Å². The summed E-state index contributed by atoms with van der Waals surface area (Å²) in [6.45, 7) is 5.35. The molecule has 2 aromatic carbocycles. The van der Waals surface area contributed by atoms with Gasteiger partial charge in [-0.05, 0) is 49.2 Å². The quantitative estimate of drug-likeness (QED) is 0.387. The van der Waals surface area contributed by atoms with Crippen molar-refractivity contribution in [3.8, 4) is 5.75 Å². The van der Waals surface area contributed by atoms with Crippen molar-refractivity contribution in [2.45, 2.75) is 39.2 Å². The van der Waals surface area contributed by atoms with Gasteiger partial charge in [0.2, 0.25) is 0 Å². The van der Waals surface area contributed by atoms with Crippen molar-refractivity contribution in [3.05, 3.63) is 66.6 Å². The van der Waals surface area contributed by atoms with Gasteiger partial charge in [-0.2, -0.15) is 9.78 Å². The van der Waals surface area contributed by atoms with E-state index in [0.717, 1.165) is 10.9 Å². The lowest BCUT2D eigenvalue weighted by atomic mass is 10.1. The second-order valence-electron chi connectivity index (χ2n) is 7.21. The first kappa shape index (κ1) is 24.2. The van der Waals surface area contributed by atoms with Crippen molar-refractivity contribution in [3.63, 3.8) is 0 Å². The maximum atomic E-state index is 13.2. The fourth-order valence-corrected chi connectivity index (χ4v) is 3.85. The van der Waals surface area contributed by atoms with Crippen molar-refractivity contribution >= 4 is 62.2 Å².